The third-order valence-corrected chi connectivity index (χ3v) is 3.70. The second-order valence-corrected chi connectivity index (χ2v) is 7.15. The highest BCUT2D eigenvalue weighted by molar-refractivity contribution is 14.0. The van der Waals surface area contributed by atoms with Crippen LogP contribution in [0.5, 0.6) is 5.88 Å². The largest absolute Gasteiger partial charge is 0.472 e. The van der Waals surface area contributed by atoms with Crippen molar-refractivity contribution in [3.05, 3.63) is 23.9 Å². The van der Waals surface area contributed by atoms with Crippen molar-refractivity contribution in [2.75, 3.05) is 39.4 Å². The number of aromatic nitrogens is 1. The van der Waals surface area contributed by atoms with Gasteiger partial charge in [-0.1, -0.05) is 6.07 Å². The van der Waals surface area contributed by atoms with Crippen LogP contribution in [0.25, 0.3) is 0 Å². The van der Waals surface area contributed by atoms with Gasteiger partial charge in [0.1, 0.15) is 5.60 Å². The molecule has 7 nitrogen and oxygen atoms in total. The van der Waals surface area contributed by atoms with E-state index < -0.39 is 0 Å². The molecule has 2 rings (SSSR count). The van der Waals surface area contributed by atoms with E-state index in [1.54, 1.807) is 6.20 Å². The molecule has 0 saturated carbocycles. The first kappa shape index (κ1) is 22.9. The van der Waals surface area contributed by atoms with Gasteiger partial charge in [0.2, 0.25) is 5.88 Å². The normalized spacial score (nSPS) is 16.0. The molecule has 148 valence electrons. The summed E-state index contributed by atoms with van der Waals surface area (Å²) in [7, 11) is 0. The van der Waals surface area contributed by atoms with E-state index in [4.69, 9.17) is 15.2 Å². The SMILES string of the molecule is CC(C)(C)Oc1ccc(CN=C(N)NCCCN2CCOCC2)cn1.I. The summed E-state index contributed by atoms with van der Waals surface area (Å²) in [6.45, 7) is 12.1. The Kier molecular flexibility index (Phi) is 10.2. The lowest BCUT2D eigenvalue weighted by atomic mass is 10.2. The van der Waals surface area contributed by atoms with Gasteiger partial charge in [0.15, 0.2) is 5.96 Å². The number of halogens is 1. The first-order valence-electron chi connectivity index (χ1n) is 8.90. The summed E-state index contributed by atoms with van der Waals surface area (Å²) in [6, 6.07) is 3.82. The van der Waals surface area contributed by atoms with E-state index in [1.807, 2.05) is 32.9 Å². The summed E-state index contributed by atoms with van der Waals surface area (Å²) < 4.78 is 11.0. The minimum absolute atomic E-state index is 0. The summed E-state index contributed by atoms with van der Waals surface area (Å²) in [6.07, 6.45) is 2.81. The van der Waals surface area contributed by atoms with Crippen molar-refractivity contribution >= 4 is 29.9 Å². The number of ether oxygens (including phenoxy) is 2. The highest BCUT2D eigenvalue weighted by Crippen LogP contribution is 2.15. The molecule has 1 aliphatic rings. The highest BCUT2D eigenvalue weighted by atomic mass is 127. The van der Waals surface area contributed by atoms with Crippen LogP contribution in [0.3, 0.4) is 0 Å². The highest BCUT2D eigenvalue weighted by Gasteiger charge is 2.12. The molecule has 0 aromatic carbocycles. The summed E-state index contributed by atoms with van der Waals surface area (Å²) in [5, 5.41) is 3.16. The summed E-state index contributed by atoms with van der Waals surface area (Å²) in [5.74, 6) is 1.09. The molecule has 26 heavy (non-hydrogen) atoms. The third kappa shape index (κ3) is 9.54. The zero-order valence-corrected chi connectivity index (χ0v) is 18.4. The predicted octanol–water partition coefficient (Wildman–Crippen LogP) is 2.00. The van der Waals surface area contributed by atoms with Crippen LogP contribution < -0.4 is 15.8 Å². The molecule has 1 fully saturated rings. The zero-order chi connectivity index (χ0) is 18.1. The van der Waals surface area contributed by atoms with E-state index in [-0.39, 0.29) is 29.6 Å². The molecule has 2 heterocycles. The molecular formula is C18H32IN5O2. The second kappa shape index (κ2) is 11.6. The van der Waals surface area contributed by atoms with Crippen molar-refractivity contribution in [2.45, 2.75) is 39.3 Å². The molecule has 1 aromatic rings. The van der Waals surface area contributed by atoms with Gasteiger partial charge in [-0.05, 0) is 39.3 Å². The second-order valence-electron chi connectivity index (χ2n) is 7.15. The average Bonchev–Trinajstić information content (AvgIpc) is 2.58. The van der Waals surface area contributed by atoms with Crippen LogP contribution in [0.15, 0.2) is 23.3 Å². The molecule has 0 radical (unpaired) electrons. The van der Waals surface area contributed by atoms with E-state index >= 15 is 0 Å². The third-order valence-electron chi connectivity index (χ3n) is 3.70. The maximum absolute atomic E-state index is 5.91. The fourth-order valence-corrected chi connectivity index (χ4v) is 2.45. The van der Waals surface area contributed by atoms with Crippen LogP contribution in [-0.2, 0) is 11.3 Å². The van der Waals surface area contributed by atoms with E-state index in [2.05, 4.69) is 20.2 Å². The Morgan fingerprint density at radius 3 is 2.69 bits per heavy atom. The van der Waals surface area contributed by atoms with Gasteiger partial charge in [0.05, 0.1) is 19.8 Å². The van der Waals surface area contributed by atoms with Crippen molar-refractivity contribution in [1.29, 1.82) is 0 Å². The van der Waals surface area contributed by atoms with Crippen molar-refractivity contribution in [3.63, 3.8) is 0 Å². The Morgan fingerprint density at radius 2 is 2.08 bits per heavy atom. The van der Waals surface area contributed by atoms with Crippen molar-refractivity contribution in [1.82, 2.24) is 15.2 Å². The van der Waals surface area contributed by atoms with Gasteiger partial charge >= 0.3 is 0 Å². The standard InChI is InChI=1S/C18H31N5O2.HI/c1-18(2,3)25-16-6-5-15(13-21-16)14-22-17(19)20-7-4-8-23-9-11-24-12-10-23;/h5-6,13H,4,7-12,14H2,1-3H3,(H3,19,20,22);1H. The smallest absolute Gasteiger partial charge is 0.213 e. The van der Waals surface area contributed by atoms with Gasteiger partial charge in [0.25, 0.3) is 0 Å². The number of nitrogens with zero attached hydrogens (tertiary/aromatic N) is 3. The number of aliphatic imine (C=N–C) groups is 1. The first-order valence-corrected chi connectivity index (χ1v) is 8.90. The van der Waals surface area contributed by atoms with Crippen LogP contribution in [0, 0.1) is 0 Å². The molecule has 1 saturated heterocycles. The monoisotopic (exact) mass is 477 g/mol. The molecule has 0 spiro atoms. The minimum atomic E-state index is -0.248. The maximum Gasteiger partial charge on any atom is 0.213 e. The van der Waals surface area contributed by atoms with Crippen LogP contribution in [0.4, 0.5) is 0 Å². The number of nitrogens with two attached hydrogens (primary N) is 1. The average molecular weight is 477 g/mol. The number of pyridine rings is 1. The minimum Gasteiger partial charge on any atom is -0.472 e. The van der Waals surface area contributed by atoms with Gasteiger partial charge in [0, 0.05) is 31.9 Å². The van der Waals surface area contributed by atoms with Gasteiger partial charge in [-0.25, -0.2) is 9.98 Å². The van der Waals surface area contributed by atoms with Crippen molar-refractivity contribution in [2.24, 2.45) is 10.7 Å². The maximum atomic E-state index is 5.91. The van der Waals surface area contributed by atoms with Crippen LogP contribution in [0.2, 0.25) is 0 Å². The Hall–Kier alpha value is -1.13. The Morgan fingerprint density at radius 1 is 1.35 bits per heavy atom. The van der Waals surface area contributed by atoms with Gasteiger partial charge in [-0.3, -0.25) is 4.90 Å². The van der Waals surface area contributed by atoms with Gasteiger partial charge < -0.3 is 20.5 Å². The number of nitrogens with one attached hydrogen (secondary N) is 1. The van der Waals surface area contributed by atoms with Gasteiger partial charge in [-0.2, -0.15) is 0 Å². The molecule has 1 aromatic heterocycles. The fraction of sp³-hybridized carbons (Fsp3) is 0.667. The molecule has 0 unspecified atom stereocenters. The Labute approximate surface area is 173 Å². The topological polar surface area (TPSA) is 85.0 Å². The van der Waals surface area contributed by atoms with Crippen LogP contribution >= 0.6 is 24.0 Å². The van der Waals surface area contributed by atoms with Gasteiger partial charge in [-0.15, -0.1) is 24.0 Å². The predicted molar refractivity (Wildman–Crippen MR) is 115 cm³/mol. The number of rotatable bonds is 7. The Balaban J connectivity index is 0.00000338. The molecule has 3 N–H and O–H groups in total. The molecule has 0 atom stereocenters. The molecule has 8 heteroatoms. The van der Waals surface area contributed by atoms with Crippen molar-refractivity contribution in [3.8, 4) is 5.88 Å². The summed E-state index contributed by atoms with van der Waals surface area (Å²) >= 11 is 0. The molecular weight excluding hydrogens is 445 g/mol. The lowest BCUT2D eigenvalue weighted by Gasteiger charge is -2.26. The number of guanidine groups is 1. The van der Waals surface area contributed by atoms with E-state index in [9.17, 15) is 0 Å². The Bertz CT molecular complexity index is 540. The van der Waals surface area contributed by atoms with E-state index in [0.717, 1.165) is 51.4 Å². The van der Waals surface area contributed by atoms with E-state index in [1.165, 1.54) is 0 Å². The quantitative estimate of drug-likeness (QED) is 0.271. The molecule has 0 aliphatic carbocycles. The molecule has 1 aliphatic heterocycles. The van der Waals surface area contributed by atoms with E-state index in [0.29, 0.717) is 18.4 Å². The first-order chi connectivity index (χ1) is 11.9. The fourth-order valence-electron chi connectivity index (χ4n) is 2.45. The molecule has 0 amide bonds. The summed E-state index contributed by atoms with van der Waals surface area (Å²) in [5.41, 5.74) is 6.67. The number of hydrogen-bond donors (Lipinski definition) is 2. The zero-order valence-electron chi connectivity index (χ0n) is 16.0. The lowest BCUT2D eigenvalue weighted by Crippen LogP contribution is -2.39. The number of hydrogen-bond acceptors (Lipinski definition) is 5. The number of morpholine rings is 1. The lowest BCUT2D eigenvalue weighted by molar-refractivity contribution is 0.0376. The summed E-state index contributed by atoms with van der Waals surface area (Å²) in [4.78, 5) is 11.1. The van der Waals surface area contributed by atoms with Crippen molar-refractivity contribution < 1.29 is 9.47 Å². The van der Waals surface area contributed by atoms with Crippen LogP contribution in [0.1, 0.15) is 32.8 Å². The molecule has 0 bridgehead atoms. The van der Waals surface area contributed by atoms with Crippen LogP contribution in [-0.4, -0.2) is 60.8 Å².